The molecule has 0 aromatic carbocycles. The van der Waals surface area contributed by atoms with Crippen LogP contribution in [0.4, 0.5) is 0 Å². The van der Waals surface area contributed by atoms with Gasteiger partial charge in [-0.1, -0.05) is 49.8 Å². The highest BCUT2D eigenvalue weighted by Crippen LogP contribution is 2.46. The molecule has 0 N–H and O–H groups in total. The molecule has 1 atom stereocenters. The third-order valence-corrected chi connectivity index (χ3v) is 4.15. The van der Waals surface area contributed by atoms with Gasteiger partial charge in [0.2, 0.25) is 0 Å². The number of allylic oxidation sites excluding steroid dienone is 8. The lowest BCUT2D eigenvalue weighted by molar-refractivity contribution is -0.122. The molecule has 0 aromatic heterocycles. The van der Waals surface area contributed by atoms with Crippen LogP contribution in [0.1, 0.15) is 34.6 Å². The minimum atomic E-state index is -0.435. The van der Waals surface area contributed by atoms with E-state index in [0.717, 1.165) is 5.57 Å². The van der Waals surface area contributed by atoms with Gasteiger partial charge in [0.15, 0.2) is 0 Å². The van der Waals surface area contributed by atoms with Gasteiger partial charge in [0.25, 0.3) is 0 Å². The Bertz CT molecular complexity index is 498. The minimum absolute atomic E-state index is 0.0119. The van der Waals surface area contributed by atoms with Crippen molar-refractivity contribution in [1.82, 2.24) is 0 Å². The van der Waals surface area contributed by atoms with E-state index in [9.17, 15) is 4.79 Å². The molecular formula is C16H20O. The summed E-state index contributed by atoms with van der Waals surface area (Å²) in [5.41, 5.74) is 3.22. The normalized spacial score (nSPS) is 30.1. The SMILES string of the molecule is CC(=O)C1(C)C=C2C(=CC=CC2(C)C)C=C1C. The Morgan fingerprint density at radius 1 is 1.24 bits per heavy atom. The van der Waals surface area contributed by atoms with E-state index in [1.807, 2.05) is 13.8 Å². The summed E-state index contributed by atoms with van der Waals surface area (Å²) in [6.07, 6.45) is 10.7. The van der Waals surface area contributed by atoms with Crippen molar-refractivity contribution in [3.05, 3.63) is 47.1 Å². The van der Waals surface area contributed by atoms with Gasteiger partial charge in [0, 0.05) is 5.41 Å². The second-order valence-electron chi connectivity index (χ2n) is 5.85. The van der Waals surface area contributed by atoms with E-state index in [4.69, 9.17) is 0 Å². The van der Waals surface area contributed by atoms with Crippen molar-refractivity contribution in [3.63, 3.8) is 0 Å². The van der Waals surface area contributed by atoms with E-state index in [1.165, 1.54) is 11.1 Å². The summed E-state index contributed by atoms with van der Waals surface area (Å²) in [5, 5.41) is 0. The molecule has 0 bridgehead atoms. The van der Waals surface area contributed by atoms with Gasteiger partial charge in [0.05, 0.1) is 5.41 Å². The van der Waals surface area contributed by atoms with Gasteiger partial charge < -0.3 is 0 Å². The average Bonchev–Trinajstić information content (AvgIpc) is 2.21. The quantitative estimate of drug-likeness (QED) is 0.663. The second-order valence-corrected chi connectivity index (χ2v) is 5.85. The zero-order valence-corrected chi connectivity index (χ0v) is 11.3. The lowest BCUT2D eigenvalue weighted by Crippen LogP contribution is -2.30. The number of hydrogen-bond acceptors (Lipinski definition) is 1. The highest BCUT2D eigenvalue weighted by Gasteiger charge is 2.37. The van der Waals surface area contributed by atoms with E-state index >= 15 is 0 Å². The van der Waals surface area contributed by atoms with E-state index < -0.39 is 5.41 Å². The monoisotopic (exact) mass is 228 g/mol. The van der Waals surface area contributed by atoms with Crippen LogP contribution in [-0.4, -0.2) is 5.78 Å². The van der Waals surface area contributed by atoms with Crippen molar-refractivity contribution in [3.8, 4) is 0 Å². The van der Waals surface area contributed by atoms with Crippen LogP contribution >= 0.6 is 0 Å². The molecule has 1 nitrogen and oxygen atoms in total. The van der Waals surface area contributed by atoms with Crippen LogP contribution in [0, 0.1) is 10.8 Å². The first-order chi connectivity index (χ1) is 7.77. The summed E-state index contributed by atoms with van der Waals surface area (Å²) >= 11 is 0. The van der Waals surface area contributed by atoms with Crippen LogP contribution in [0.5, 0.6) is 0 Å². The number of carbonyl (C=O) groups excluding carboxylic acids is 1. The molecule has 0 aliphatic heterocycles. The molecule has 0 amide bonds. The summed E-state index contributed by atoms with van der Waals surface area (Å²) in [6, 6.07) is 0. The fourth-order valence-corrected chi connectivity index (χ4v) is 2.50. The fraction of sp³-hybridized carbons (Fsp3) is 0.438. The topological polar surface area (TPSA) is 17.1 Å². The van der Waals surface area contributed by atoms with Crippen LogP contribution in [0.3, 0.4) is 0 Å². The molecule has 0 heterocycles. The Kier molecular flexibility index (Phi) is 2.53. The Morgan fingerprint density at radius 2 is 1.88 bits per heavy atom. The van der Waals surface area contributed by atoms with Gasteiger partial charge in [0.1, 0.15) is 5.78 Å². The van der Waals surface area contributed by atoms with Crippen molar-refractivity contribution in [1.29, 1.82) is 0 Å². The predicted octanol–water partition coefficient (Wildman–Crippen LogP) is 3.99. The fourth-order valence-electron chi connectivity index (χ4n) is 2.50. The highest BCUT2D eigenvalue weighted by atomic mass is 16.1. The second kappa shape index (κ2) is 3.56. The molecule has 0 fully saturated rings. The van der Waals surface area contributed by atoms with Crippen LogP contribution < -0.4 is 0 Å². The summed E-state index contributed by atoms with van der Waals surface area (Å²) in [5.74, 6) is 0.211. The van der Waals surface area contributed by atoms with Crippen molar-refractivity contribution in [2.24, 2.45) is 10.8 Å². The first-order valence-electron chi connectivity index (χ1n) is 6.10. The van der Waals surface area contributed by atoms with E-state index in [-0.39, 0.29) is 11.2 Å². The summed E-state index contributed by atoms with van der Waals surface area (Å²) in [6.45, 7) is 10.1. The molecule has 90 valence electrons. The van der Waals surface area contributed by atoms with E-state index in [1.54, 1.807) is 6.92 Å². The maximum Gasteiger partial charge on any atom is 0.143 e. The average molecular weight is 228 g/mol. The number of rotatable bonds is 1. The smallest absolute Gasteiger partial charge is 0.143 e. The Hall–Kier alpha value is -1.37. The van der Waals surface area contributed by atoms with Gasteiger partial charge >= 0.3 is 0 Å². The number of Topliss-reactive ketones (excluding diaryl/α,β-unsaturated/α-hetero) is 1. The van der Waals surface area contributed by atoms with Crippen molar-refractivity contribution in [2.45, 2.75) is 34.6 Å². The first-order valence-corrected chi connectivity index (χ1v) is 6.10. The zero-order chi connectivity index (χ0) is 12.8. The number of fused-ring (bicyclic) bond motifs is 1. The van der Waals surface area contributed by atoms with Gasteiger partial charge in [-0.05, 0) is 31.9 Å². The highest BCUT2D eigenvalue weighted by molar-refractivity contribution is 5.89. The van der Waals surface area contributed by atoms with Gasteiger partial charge in [-0.2, -0.15) is 0 Å². The molecule has 2 aliphatic carbocycles. The van der Waals surface area contributed by atoms with E-state index in [0.29, 0.717) is 0 Å². The minimum Gasteiger partial charge on any atom is -0.299 e. The molecule has 1 unspecified atom stereocenters. The lowest BCUT2D eigenvalue weighted by Gasteiger charge is -2.37. The molecule has 0 saturated heterocycles. The summed E-state index contributed by atoms with van der Waals surface area (Å²) < 4.78 is 0. The van der Waals surface area contributed by atoms with Crippen LogP contribution in [-0.2, 0) is 4.79 Å². The predicted molar refractivity (Wildman–Crippen MR) is 71.6 cm³/mol. The number of ketones is 1. The molecule has 0 radical (unpaired) electrons. The van der Waals surface area contributed by atoms with Gasteiger partial charge in [-0.3, -0.25) is 4.79 Å². The maximum atomic E-state index is 11.9. The lowest BCUT2D eigenvalue weighted by atomic mass is 9.66. The molecule has 17 heavy (non-hydrogen) atoms. The maximum absolute atomic E-state index is 11.9. The molecule has 0 aromatic rings. The van der Waals surface area contributed by atoms with Crippen molar-refractivity contribution >= 4 is 5.78 Å². The molecular weight excluding hydrogens is 208 g/mol. The molecule has 2 aliphatic rings. The van der Waals surface area contributed by atoms with Gasteiger partial charge in [-0.25, -0.2) is 0 Å². The van der Waals surface area contributed by atoms with Crippen molar-refractivity contribution in [2.75, 3.05) is 0 Å². The van der Waals surface area contributed by atoms with Crippen LogP contribution in [0.2, 0.25) is 0 Å². The zero-order valence-electron chi connectivity index (χ0n) is 11.3. The molecule has 0 spiro atoms. The van der Waals surface area contributed by atoms with Crippen LogP contribution in [0.15, 0.2) is 47.1 Å². The molecule has 1 heteroatoms. The Morgan fingerprint density at radius 3 is 2.47 bits per heavy atom. The third kappa shape index (κ3) is 1.74. The number of hydrogen-bond donors (Lipinski definition) is 0. The third-order valence-electron chi connectivity index (χ3n) is 4.15. The Labute approximate surface area is 104 Å². The largest absolute Gasteiger partial charge is 0.299 e. The van der Waals surface area contributed by atoms with E-state index in [2.05, 4.69) is 44.2 Å². The summed E-state index contributed by atoms with van der Waals surface area (Å²) in [7, 11) is 0. The van der Waals surface area contributed by atoms with Gasteiger partial charge in [-0.15, -0.1) is 0 Å². The number of carbonyl (C=O) groups is 1. The molecule has 2 rings (SSSR count). The van der Waals surface area contributed by atoms with Crippen molar-refractivity contribution < 1.29 is 4.79 Å². The molecule has 0 saturated carbocycles. The van der Waals surface area contributed by atoms with Crippen LogP contribution in [0.25, 0.3) is 0 Å². The standard InChI is InChI=1S/C16H20O/c1-11-9-13-7-6-8-15(3,4)14(13)10-16(11,5)12(2)17/h6-10H,1-5H3. The Balaban J connectivity index is 2.61. The first kappa shape index (κ1) is 12.1. The summed E-state index contributed by atoms with van der Waals surface area (Å²) in [4.78, 5) is 11.9.